The molecular formula is C18H14F2N4O2S2. The fourth-order valence-corrected chi connectivity index (χ4v) is 4.61. The van der Waals surface area contributed by atoms with Gasteiger partial charge in [-0.05, 0) is 19.1 Å². The van der Waals surface area contributed by atoms with Gasteiger partial charge in [-0.25, -0.2) is 31.4 Å². The molecule has 144 valence electrons. The van der Waals surface area contributed by atoms with Crippen molar-refractivity contribution in [1.82, 2.24) is 19.3 Å². The Morgan fingerprint density at radius 2 is 1.89 bits per heavy atom. The summed E-state index contributed by atoms with van der Waals surface area (Å²) in [5.74, 6) is -2.00. The highest BCUT2D eigenvalue weighted by Crippen LogP contribution is 2.27. The smallest absolute Gasteiger partial charge is 0.217 e. The minimum atomic E-state index is -4.20. The molecule has 2 aromatic carbocycles. The predicted octanol–water partition coefficient (Wildman–Crippen LogP) is 3.52. The number of benzene rings is 2. The van der Waals surface area contributed by atoms with Crippen LogP contribution in [0.15, 0.2) is 53.4 Å². The van der Waals surface area contributed by atoms with Crippen molar-refractivity contribution in [2.24, 2.45) is 0 Å². The highest BCUT2D eigenvalue weighted by molar-refractivity contribution is 7.89. The van der Waals surface area contributed by atoms with Crippen molar-refractivity contribution in [3.63, 3.8) is 0 Å². The average molecular weight is 420 g/mol. The predicted molar refractivity (Wildman–Crippen MR) is 101 cm³/mol. The first-order valence-corrected chi connectivity index (χ1v) is 10.5. The normalized spacial score (nSPS) is 12.0. The molecule has 10 heteroatoms. The van der Waals surface area contributed by atoms with Crippen molar-refractivity contribution in [3.05, 3.63) is 70.9 Å². The second-order valence-electron chi connectivity index (χ2n) is 5.99. The molecule has 1 N–H and O–H groups in total. The zero-order valence-electron chi connectivity index (χ0n) is 14.6. The van der Waals surface area contributed by atoms with Gasteiger partial charge in [0.05, 0.1) is 17.9 Å². The molecule has 2 heterocycles. The van der Waals surface area contributed by atoms with Gasteiger partial charge in [-0.15, -0.1) is 0 Å². The van der Waals surface area contributed by atoms with E-state index in [1.807, 2.05) is 37.3 Å². The van der Waals surface area contributed by atoms with E-state index < -0.39 is 26.6 Å². The number of halogens is 2. The van der Waals surface area contributed by atoms with Crippen LogP contribution >= 0.6 is 11.3 Å². The molecule has 0 saturated carbocycles. The van der Waals surface area contributed by atoms with Crippen molar-refractivity contribution < 1.29 is 17.2 Å². The topological polar surface area (TPSA) is 76.4 Å². The third-order valence-corrected chi connectivity index (χ3v) is 6.32. The lowest BCUT2D eigenvalue weighted by Crippen LogP contribution is -2.25. The number of aromatic nitrogens is 3. The maximum atomic E-state index is 13.9. The van der Waals surface area contributed by atoms with E-state index >= 15 is 0 Å². The SMILES string of the molecule is Cc1nn2c(CNS(=O)(=O)c3ccc(F)cc3F)c(-c3ccccc3)nc2s1. The van der Waals surface area contributed by atoms with E-state index in [2.05, 4.69) is 14.8 Å². The summed E-state index contributed by atoms with van der Waals surface area (Å²) in [6.07, 6.45) is 0. The molecule has 28 heavy (non-hydrogen) atoms. The van der Waals surface area contributed by atoms with Crippen LogP contribution in [0.3, 0.4) is 0 Å². The van der Waals surface area contributed by atoms with Crippen LogP contribution < -0.4 is 4.72 Å². The van der Waals surface area contributed by atoms with Gasteiger partial charge >= 0.3 is 0 Å². The summed E-state index contributed by atoms with van der Waals surface area (Å²) in [5.41, 5.74) is 1.92. The van der Waals surface area contributed by atoms with Crippen LogP contribution in [0.25, 0.3) is 16.2 Å². The molecule has 0 spiro atoms. The van der Waals surface area contributed by atoms with E-state index in [1.54, 1.807) is 4.52 Å². The van der Waals surface area contributed by atoms with Crippen LogP contribution in [-0.4, -0.2) is 23.0 Å². The third kappa shape index (κ3) is 3.41. The quantitative estimate of drug-likeness (QED) is 0.536. The Morgan fingerprint density at radius 1 is 1.14 bits per heavy atom. The first-order chi connectivity index (χ1) is 13.3. The van der Waals surface area contributed by atoms with Gasteiger partial charge in [0, 0.05) is 11.6 Å². The molecule has 0 aliphatic carbocycles. The summed E-state index contributed by atoms with van der Waals surface area (Å²) >= 11 is 1.38. The summed E-state index contributed by atoms with van der Waals surface area (Å²) in [6.45, 7) is 1.66. The lowest BCUT2D eigenvalue weighted by molar-refractivity contribution is 0.542. The Bertz CT molecular complexity index is 1270. The summed E-state index contributed by atoms with van der Waals surface area (Å²) < 4.78 is 56.0. The average Bonchev–Trinajstić information content (AvgIpc) is 3.16. The fourth-order valence-electron chi connectivity index (χ4n) is 2.81. The maximum Gasteiger partial charge on any atom is 0.243 e. The Labute approximate surface area is 163 Å². The molecule has 0 bridgehead atoms. The Kier molecular flexibility index (Phi) is 4.69. The molecule has 4 rings (SSSR count). The van der Waals surface area contributed by atoms with Gasteiger partial charge < -0.3 is 0 Å². The number of nitrogens with zero attached hydrogens (tertiary/aromatic N) is 3. The van der Waals surface area contributed by atoms with E-state index in [9.17, 15) is 17.2 Å². The fraction of sp³-hybridized carbons (Fsp3) is 0.111. The Morgan fingerprint density at radius 3 is 2.61 bits per heavy atom. The molecule has 0 aliphatic heterocycles. The molecule has 0 radical (unpaired) electrons. The summed E-state index contributed by atoms with van der Waals surface area (Å²) in [5, 5.41) is 5.15. The molecule has 4 aromatic rings. The van der Waals surface area contributed by atoms with Gasteiger partial charge in [-0.2, -0.15) is 5.10 Å². The number of fused-ring (bicyclic) bond motifs is 1. The van der Waals surface area contributed by atoms with Crippen LogP contribution in [-0.2, 0) is 16.6 Å². The van der Waals surface area contributed by atoms with Gasteiger partial charge in [0.1, 0.15) is 21.5 Å². The van der Waals surface area contributed by atoms with Crippen molar-refractivity contribution >= 4 is 26.3 Å². The molecule has 6 nitrogen and oxygen atoms in total. The number of imidazole rings is 1. The second-order valence-corrected chi connectivity index (χ2v) is 8.88. The standard InChI is InChI=1S/C18H14F2N4O2S2/c1-11-23-24-15(17(22-18(24)27-11)12-5-3-2-4-6-12)10-21-28(25,26)16-8-7-13(19)9-14(16)20/h2-9,21H,10H2,1H3. The molecular weight excluding hydrogens is 406 g/mol. The Hall–Kier alpha value is -2.69. The minimum absolute atomic E-state index is 0.159. The summed E-state index contributed by atoms with van der Waals surface area (Å²) in [4.78, 5) is 4.57. The molecule has 0 aliphatic rings. The molecule has 0 atom stereocenters. The van der Waals surface area contributed by atoms with Crippen molar-refractivity contribution in [2.45, 2.75) is 18.4 Å². The molecule has 0 fully saturated rings. The van der Waals surface area contributed by atoms with Gasteiger partial charge in [0.15, 0.2) is 0 Å². The third-order valence-electron chi connectivity index (χ3n) is 4.06. The molecule has 2 aromatic heterocycles. The monoisotopic (exact) mass is 420 g/mol. The van der Waals surface area contributed by atoms with E-state index in [1.165, 1.54) is 11.3 Å². The zero-order valence-corrected chi connectivity index (χ0v) is 16.2. The first kappa shape index (κ1) is 18.7. The lowest BCUT2D eigenvalue weighted by atomic mass is 10.1. The number of nitrogens with one attached hydrogen (secondary N) is 1. The number of hydrogen-bond acceptors (Lipinski definition) is 5. The van der Waals surface area contributed by atoms with Crippen molar-refractivity contribution in [2.75, 3.05) is 0 Å². The van der Waals surface area contributed by atoms with Gasteiger partial charge in [-0.3, -0.25) is 0 Å². The van der Waals surface area contributed by atoms with Gasteiger partial charge in [-0.1, -0.05) is 41.7 Å². The molecule has 0 amide bonds. The van der Waals surface area contributed by atoms with E-state index in [4.69, 9.17) is 0 Å². The number of rotatable bonds is 5. The summed E-state index contributed by atoms with van der Waals surface area (Å²) in [7, 11) is -4.20. The molecule has 0 unspecified atom stereocenters. The van der Waals surface area contributed by atoms with Gasteiger partial charge in [0.2, 0.25) is 15.0 Å². The van der Waals surface area contributed by atoms with Crippen molar-refractivity contribution in [3.8, 4) is 11.3 Å². The number of hydrogen-bond donors (Lipinski definition) is 1. The van der Waals surface area contributed by atoms with E-state index in [0.29, 0.717) is 22.4 Å². The Balaban J connectivity index is 1.73. The van der Waals surface area contributed by atoms with Crippen LogP contribution in [0, 0.1) is 18.6 Å². The number of aryl methyl sites for hydroxylation is 1. The molecule has 0 saturated heterocycles. The highest BCUT2D eigenvalue weighted by Gasteiger charge is 2.23. The second kappa shape index (κ2) is 7.04. The highest BCUT2D eigenvalue weighted by atomic mass is 32.2. The van der Waals surface area contributed by atoms with Gasteiger partial charge in [0.25, 0.3) is 0 Å². The van der Waals surface area contributed by atoms with Crippen LogP contribution in [0.5, 0.6) is 0 Å². The summed E-state index contributed by atoms with van der Waals surface area (Å²) in [6, 6.07) is 11.6. The van der Waals surface area contributed by atoms with Crippen LogP contribution in [0.2, 0.25) is 0 Å². The maximum absolute atomic E-state index is 13.9. The van der Waals surface area contributed by atoms with Crippen LogP contribution in [0.1, 0.15) is 10.7 Å². The number of sulfonamides is 1. The van der Waals surface area contributed by atoms with E-state index in [0.717, 1.165) is 22.7 Å². The largest absolute Gasteiger partial charge is 0.243 e. The van der Waals surface area contributed by atoms with E-state index in [-0.39, 0.29) is 6.54 Å². The first-order valence-electron chi connectivity index (χ1n) is 8.20. The minimum Gasteiger partial charge on any atom is -0.217 e. The lowest BCUT2D eigenvalue weighted by Gasteiger charge is -2.09. The zero-order chi connectivity index (χ0) is 19.9. The van der Waals surface area contributed by atoms with Crippen LogP contribution in [0.4, 0.5) is 8.78 Å². The van der Waals surface area contributed by atoms with Crippen molar-refractivity contribution in [1.29, 1.82) is 0 Å².